The lowest BCUT2D eigenvalue weighted by Crippen LogP contribution is -2.38. The van der Waals surface area contributed by atoms with Crippen molar-refractivity contribution in [3.05, 3.63) is 65.2 Å². The van der Waals surface area contributed by atoms with Crippen LogP contribution in [-0.4, -0.2) is 33.6 Å². The van der Waals surface area contributed by atoms with Gasteiger partial charge in [-0.05, 0) is 62.6 Å². The summed E-state index contributed by atoms with van der Waals surface area (Å²) in [6.45, 7) is 6.79. The molecular weight excluding hydrogens is 453 g/mol. The van der Waals surface area contributed by atoms with E-state index in [4.69, 9.17) is 4.74 Å². The van der Waals surface area contributed by atoms with Crippen molar-refractivity contribution in [1.29, 1.82) is 0 Å². The van der Waals surface area contributed by atoms with E-state index in [1.54, 1.807) is 52.0 Å². The SMILES string of the molecule is CCC(c1ccc(C(F)(F)F)cc1)N(Cc1ccc(NC(=O)OC(C)(C)C)cc1)C(=O)C(=O)O. The van der Waals surface area contributed by atoms with Gasteiger partial charge in [0.05, 0.1) is 11.6 Å². The van der Waals surface area contributed by atoms with Crippen molar-refractivity contribution >= 4 is 23.7 Å². The Balaban J connectivity index is 2.25. The second-order valence-electron chi connectivity index (χ2n) is 8.61. The Bertz CT molecular complexity index is 1010. The fourth-order valence-electron chi connectivity index (χ4n) is 3.29. The van der Waals surface area contributed by atoms with E-state index in [-0.39, 0.29) is 13.0 Å². The summed E-state index contributed by atoms with van der Waals surface area (Å²) >= 11 is 0. The molecule has 0 saturated heterocycles. The van der Waals surface area contributed by atoms with Crippen LogP contribution >= 0.6 is 0 Å². The number of benzene rings is 2. The Morgan fingerprint density at radius 3 is 2.00 bits per heavy atom. The minimum atomic E-state index is -4.51. The molecule has 2 aromatic rings. The number of hydrogen-bond donors (Lipinski definition) is 2. The maximum absolute atomic E-state index is 12.9. The van der Waals surface area contributed by atoms with Gasteiger partial charge >= 0.3 is 24.1 Å². The lowest BCUT2D eigenvalue weighted by molar-refractivity contribution is -0.157. The highest BCUT2D eigenvalue weighted by Gasteiger charge is 2.32. The van der Waals surface area contributed by atoms with Gasteiger partial charge in [0.15, 0.2) is 0 Å². The van der Waals surface area contributed by atoms with Crippen LogP contribution in [0.4, 0.5) is 23.7 Å². The van der Waals surface area contributed by atoms with Crippen molar-refractivity contribution in [1.82, 2.24) is 4.90 Å². The molecule has 0 aromatic heterocycles. The van der Waals surface area contributed by atoms with Crippen LogP contribution in [0.2, 0.25) is 0 Å². The van der Waals surface area contributed by atoms with E-state index in [1.807, 2.05) is 0 Å². The average molecular weight is 480 g/mol. The molecule has 34 heavy (non-hydrogen) atoms. The molecule has 2 aromatic carbocycles. The number of ether oxygens (including phenoxy) is 1. The van der Waals surface area contributed by atoms with Gasteiger partial charge in [0, 0.05) is 12.2 Å². The van der Waals surface area contributed by atoms with Gasteiger partial charge in [0.1, 0.15) is 5.60 Å². The number of anilines is 1. The summed E-state index contributed by atoms with van der Waals surface area (Å²) in [6.07, 6.45) is -4.87. The molecule has 184 valence electrons. The molecule has 0 spiro atoms. The molecule has 1 unspecified atom stereocenters. The molecule has 0 radical (unpaired) electrons. The number of carboxylic acid groups (broad SMARTS) is 1. The lowest BCUT2D eigenvalue weighted by Gasteiger charge is -2.30. The quantitative estimate of drug-likeness (QED) is 0.524. The first kappa shape index (κ1) is 26.7. The summed E-state index contributed by atoms with van der Waals surface area (Å²) in [4.78, 5) is 36.9. The van der Waals surface area contributed by atoms with Gasteiger partial charge in [-0.2, -0.15) is 13.2 Å². The number of alkyl halides is 3. The van der Waals surface area contributed by atoms with Gasteiger partial charge in [0.2, 0.25) is 0 Å². The summed E-state index contributed by atoms with van der Waals surface area (Å²) in [5, 5.41) is 11.9. The fourth-order valence-corrected chi connectivity index (χ4v) is 3.29. The number of carbonyl (C=O) groups excluding carboxylic acids is 2. The van der Waals surface area contributed by atoms with Crippen LogP contribution < -0.4 is 5.32 Å². The normalized spacial score (nSPS) is 12.6. The number of carboxylic acids is 1. The van der Waals surface area contributed by atoms with E-state index in [0.717, 1.165) is 17.0 Å². The van der Waals surface area contributed by atoms with Crippen LogP contribution in [0.15, 0.2) is 48.5 Å². The fraction of sp³-hybridized carbons (Fsp3) is 0.375. The zero-order chi connectivity index (χ0) is 25.7. The Labute approximate surface area is 195 Å². The number of carbonyl (C=O) groups is 3. The highest BCUT2D eigenvalue weighted by Crippen LogP contribution is 2.32. The van der Waals surface area contributed by atoms with Gasteiger partial charge in [-0.1, -0.05) is 31.2 Å². The predicted molar refractivity (Wildman–Crippen MR) is 119 cm³/mol. The number of halogens is 3. The van der Waals surface area contributed by atoms with Crippen molar-refractivity contribution in [2.24, 2.45) is 0 Å². The zero-order valence-electron chi connectivity index (χ0n) is 19.3. The Morgan fingerprint density at radius 2 is 1.56 bits per heavy atom. The molecule has 0 bridgehead atoms. The number of aliphatic carboxylic acids is 1. The lowest BCUT2D eigenvalue weighted by atomic mass is 10.00. The topological polar surface area (TPSA) is 95.9 Å². The number of amides is 2. The summed E-state index contributed by atoms with van der Waals surface area (Å²) in [6, 6.07) is 9.88. The third kappa shape index (κ3) is 7.50. The first-order valence-corrected chi connectivity index (χ1v) is 10.5. The van der Waals surface area contributed by atoms with Gasteiger partial charge in [-0.3, -0.25) is 10.1 Å². The standard InChI is InChI=1S/C24H27F3N2O5/c1-5-19(16-8-10-17(11-9-16)24(25,26)27)29(20(30)21(31)32)14-15-6-12-18(13-7-15)28-22(33)34-23(2,3)4/h6-13,19H,5,14H2,1-4H3,(H,28,33)(H,31,32). The van der Waals surface area contributed by atoms with E-state index in [1.165, 1.54) is 12.1 Å². The molecule has 0 saturated carbocycles. The van der Waals surface area contributed by atoms with Gasteiger partial charge in [0.25, 0.3) is 0 Å². The first-order chi connectivity index (χ1) is 15.7. The van der Waals surface area contributed by atoms with Crippen molar-refractivity contribution in [3.8, 4) is 0 Å². The van der Waals surface area contributed by atoms with Crippen molar-refractivity contribution in [2.75, 3.05) is 5.32 Å². The second kappa shape index (κ2) is 10.6. The predicted octanol–water partition coefficient (Wildman–Crippen LogP) is 5.62. The number of hydrogen-bond acceptors (Lipinski definition) is 4. The van der Waals surface area contributed by atoms with Crippen LogP contribution in [0.3, 0.4) is 0 Å². The molecule has 2 amide bonds. The first-order valence-electron chi connectivity index (χ1n) is 10.5. The highest BCUT2D eigenvalue weighted by atomic mass is 19.4. The molecule has 0 aliphatic heterocycles. The largest absolute Gasteiger partial charge is 0.474 e. The van der Waals surface area contributed by atoms with E-state index in [2.05, 4.69) is 5.32 Å². The van der Waals surface area contributed by atoms with Gasteiger partial charge in [-0.25, -0.2) is 9.59 Å². The molecule has 10 heteroatoms. The molecule has 7 nitrogen and oxygen atoms in total. The molecular formula is C24H27F3N2O5. The van der Waals surface area contributed by atoms with Gasteiger partial charge in [-0.15, -0.1) is 0 Å². The van der Waals surface area contributed by atoms with E-state index >= 15 is 0 Å². The maximum Gasteiger partial charge on any atom is 0.416 e. The van der Waals surface area contributed by atoms with E-state index < -0.39 is 41.4 Å². The van der Waals surface area contributed by atoms with E-state index in [0.29, 0.717) is 16.8 Å². The van der Waals surface area contributed by atoms with Crippen LogP contribution in [-0.2, 0) is 27.0 Å². The van der Waals surface area contributed by atoms with Crippen molar-refractivity contribution in [3.63, 3.8) is 0 Å². The molecule has 0 aliphatic rings. The zero-order valence-corrected chi connectivity index (χ0v) is 19.3. The molecule has 0 aliphatic carbocycles. The number of nitrogens with one attached hydrogen (secondary N) is 1. The Morgan fingerprint density at radius 1 is 1.00 bits per heavy atom. The smallest absolute Gasteiger partial charge is 0.416 e. The summed E-state index contributed by atoms with van der Waals surface area (Å²) < 4.78 is 43.9. The van der Waals surface area contributed by atoms with Crippen LogP contribution in [0, 0.1) is 0 Å². The monoisotopic (exact) mass is 480 g/mol. The minimum Gasteiger partial charge on any atom is -0.474 e. The van der Waals surface area contributed by atoms with Gasteiger partial charge < -0.3 is 14.7 Å². The Hall–Kier alpha value is -3.56. The Kier molecular flexibility index (Phi) is 8.31. The molecule has 2 N–H and O–H groups in total. The van der Waals surface area contributed by atoms with Crippen LogP contribution in [0.25, 0.3) is 0 Å². The number of rotatable bonds is 6. The highest BCUT2D eigenvalue weighted by molar-refractivity contribution is 6.31. The molecule has 2 rings (SSSR count). The van der Waals surface area contributed by atoms with Crippen LogP contribution in [0.5, 0.6) is 0 Å². The summed E-state index contributed by atoms with van der Waals surface area (Å²) in [7, 11) is 0. The number of nitrogens with zero attached hydrogens (tertiary/aromatic N) is 1. The maximum atomic E-state index is 12.9. The third-order valence-electron chi connectivity index (χ3n) is 4.78. The molecule has 0 fully saturated rings. The van der Waals surface area contributed by atoms with Crippen molar-refractivity contribution in [2.45, 2.75) is 58.5 Å². The van der Waals surface area contributed by atoms with Crippen molar-refractivity contribution < 1.29 is 37.4 Å². The third-order valence-corrected chi connectivity index (χ3v) is 4.78. The molecule has 1 atom stereocenters. The average Bonchev–Trinajstić information content (AvgIpc) is 2.72. The summed E-state index contributed by atoms with van der Waals surface area (Å²) in [5.41, 5.74) is -0.128. The van der Waals surface area contributed by atoms with Crippen LogP contribution in [0.1, 0.15) is 56.8 Å². The van der Waals surface area contributed by atoms with E-state index in [9.17, 15) is 32.7 Å². The minimum absolute atomic E-state index is 0.0998. The summed E-state index contributed by atoms with van der Waals surface area (Å²) in [5.74, 6) is -2.85. The molecule has 0 heterocycles. The second-order valence-corrected chi connectivity index (χ2v) is 8.61.